The van der Waals surface area contributed by atoms with E-state index in [1.807, 2.05) is 86.5 Å². The summed E-state index contributed by atoms with van der Waals surface area (Å²) in [5.74, 6) is 0.163. The lowest BCUT2D eigenvalue weighted by Gasteiger charge is -2.22. The molecule has 0 aliphatic heterocycles. The third-order valence-electron chi connectivity index (χ3n) is 4.67. The molecule has 3 aromatic carbocycles. The van der Waals surface area contributed by atoms with Gasteiger partial charge in [0.2, 0.25) is 0 Å². The molecule has 140 valence electrons. The number of anilines is 2. The van der Waals surface area contributed by atoms with Gasteiger partial charge in [0, 0.05) is 55.5 Å². The maximum Gasteiger partial charge on any atom is 0.171 e. The zero-order valence-electron chi connectivity index (χ0n) is 16.1. The van der Waals surface area contributed by atoms with Crippen LogP contribution in [0.5, 0.6) is 5.75 Å². The van der Waals surface area contributed by atoms with Crippen LogP contribution in [0.3, 0.4) is 0 Å². The van der Waals surface area contributed by atoms with Crippen molar-refractivity contribution in [1.29, 1.82) is 0 Å². The van der Waals surface area contributed by atoms with Gasteiger partial charge in [0.1, 0.15) is 5.75 Å². The van der Waals surface area contributed by atoms with Crippen molar-refractivity contribution in [2.24, 2.45) is 0 Å². The van der Waals surface area contributed by atoms with Gasteiger partial charge in [0.15, 0.2) is 7.14 Å². The molecule has 0 spiro atoms. The summed E-state index contributed by atoms with van der Waals surface area (Å²) >= 11 is 0. The number of nitrogens with zero attached hydrogens (tertiary/aromatic N) is 2. The second kappa shape index (κ2) is 7.50. The fourth-order valence-corrected chi connectivity index (χ4v) is 5.63. The molecule has 0 saturated heterocycles. The highest BCUT2D eigenvalue weighted by molar-refractivity contribution is 7.85. The Balaban J connectivity index is 2.17. The van der Waals surface area contributed by atoms with E-state index in [1.54, 1.807) is 24.3 Å². The molecule has 0 unspecified atom stereocenters. The number of aromatic hydroxyl groups is 1. The highest BCUT2D eigenvalue weighted by Crippen LogP contribution is 2.43. The van der Waals surface area contributed by atoms with Crippen molar-refractivity contribution in [3.63, 3.8) is 0 Å². The summed E-state index contributed by atoms with van der Waals surface area (Å²) in [6, 6.07) is 22.3. The summed E-state index contributed by atoms with van der Waals surface area (Å²) in [6.45, 7) is 0. The first-order valence-corrected chi connectivity index (χ1v) is 10.5. The van der Waals surface area contributed by atoms with Gasteiger partial charge in [-0.1, -0.05) is 0 Å². The van der Waals surface area contributed by atoms with E-state index >= 15 is 0 Å². The van der Waals surface area contributed by atoms with Crippen LogP contribution in [-0.4, -0.2) is 33.3 Å². The SMILES string of the molecule is CN(C)c1ccc(P(=O)(c2ccc(O)cc2)c2ccc(N(C)C)cc2)cc1. The molecule has 0 heterocycles. The van der Waals surface area contributed by atoms with Crippen LogP contribution in [0.25, 0.3) is 0 Å². The maximum absolute atomic E-state index is 14.4. The topological polar surface area (TPSA) is 43.8 Å². The van der Waals surface area contributed by atoms with Gasteiger partial charge >= 0.3 is 0 Å². The maximum atomic E-state index is 14.4. The molecule has 0 saturated carbocycles. The Kier molecular flexibility index (Phi) is 5.29. The number of hydrogen-bond donors (Lipinski definition) is 1. The largest absolute Gasteiger partial charge is 0.508 e. The molecule has 4 nitrogen and oxygen atoms in total. The van der Waals surface area contributed by atoms with E-state index in [2.05, 4.69) is 0 Å². The molecule has 5 heteroatoms. The van der Waals surface area contributed by atoms with E-state index in [9.17, 15) is 9.67 Å². The Morgan fingerprint density at radius 1 is 0.593 bits per heavy atom. The average molecular weight is 380 g/mol. The van der Waals surface area contributed by atoms with Gasteiger partial charge in [-0.15, -0.1) is 0 Å². The first-order chi connectivity index (χ1) is 12.8. The van der Waals surface area contributed by atoms with Gasteiger partial charge in [0.05, 0.1) is 0 Å². The van der Waals surface area contributed by atoms with Crippen molar-refractivity contribution >= 4 is 34.4 Å². The molecular formula is C22H25N2O2P. The predicted octanol–water partition coefficient (Wildman–Crippen LogP) is 3.16. The minimum Gasteiger partial charge on any atom is -0.508 e. The number of phenolic OH excluding ortho intramolecular Hbond substituents is 1. The molecule has 0 aliphatic carbocycles. The number of hydrogen-bond acceptors (Lipinski definition) is 4. The Labute approximate surface area is 161 Å². The highest BCUT2D eigenvalue weighted by Gasteiger charge is 2.29. The zero-order valence-corrected chi connectivity index (χ0v) is 17.0. The molecule has 0 aliphatic rings. The molecule has 3 aromatic rings. The van der Waals surface area contributed by atoms with Gasteiger partial charge in [0.25, 0.3) is 0 Å². The molecule has 0 atom stereocenters. The Hall–Kier alpha value is -2.71. The molecule has 0 bridgehead atoms. The van der Waals surface area contributed by atoms with Gasteiger partial charge in [-0.3, -0.25) is 0 Å². The monoisotopic (exact) mass is 380 g/mol. The average Bonchev–Trinajstić information content (AvgIpc) is 2.68. The van der Waals surface area contributed by atoms with Crippen LogP contribution in [-0.2, 0) is 4.57 Å². The van der Waals surface area contributed by atoms with Crippen molar-refractivity contribution in [3.8, 4) is 5.75 Å². The van der Waals surface area contributed by atoms with Gasteiger partial charge in [-0.05, 0) is 72.8 Å². The number of rotatable bonds is 5. The van der Waals surface area contributed by atoms with Crippen LogP contribution in [0.2, 0.25) is 0 Å². The molecule has 27 heavy (non-hydrogen) atoms. The van der Waals surface area contributed by atoms with Crippen LogP contribution in [0.4, 0.5) is 11.4 Å². The van der Waals surface area contributed by atoms with E-state index in [1.165, 1.54) is 0 Å². The van der Waals surface area contributed by atoms with Crippen molar-refractivity contribution < 1.29 is 9.67 Å². The summed E-state index contributed by atoms with van der Waals surface area (Å²) in [6.07, 6.45) is 0. The van der Waals surface area contributed by atoms with E-state index in [0.717, 1.165) is 22.0 Å². The molecule has 0 aromatic heterocycles. The van der Waals surface area contributed by atoms with Gasteiger partial charge in [-0.25, -0.2) is 0 Å². The lowest BCUT2D eigenvalue weighted by Crippen LogP contribution is -2.25. The first kappa shape index (κ1) is 19.1. The van der Waals surface area contributed by atoms with E-state index in [-0.39, 0.29) is 5.75 Å². The van der Waals surface area contributed by atoms with Crippen molar-refractivity contribution in [1.82, 2.24) is 0 Å². The van der Waals surface area contributed by atoms with E-state index in [4.69, 9.17) is 0 Å². The van der Waals surface area contributed by atoms with Crippen molar-refractivity contribution in [2.45, 2.75) is 0 Å². The summed E-state index contributed by atoms with van der Waals surface area (Å²) in [7, 11) is 4.88. The lowest BCUT2D eigenvalue weighted by molar-refractivity contribution is 0.475. The van der Waals surface area contributed by atoms with Crippen molar-refractivity contribution in [3.05, 3.63) is 72.8 Å². The molecule has 0 radical (unpaired) electrons. The Morgan fingerprint density at radius 3 is 1.19 bits per heavy atom. The number of benzene rings is 3. The lowest BCUT2D eigenvalue weighted by atomic mass is 10.3. The minimum atomic E-state index is -3.04. The summed E-state index contributed by atoms with van der Waals surface area (Å²) in [5, 5.41) is 11.9. The third-order valence-corrected chi connectivity index (χ3v) is 7.75. The molecule has 0 fully saturated rings. The second-order valence-electron chi connectivity index (χ2n) is 6.95. The van der Waals surface area contributed by atoms with Crippen LogP contribution in [0.15, 0.2) is 72.8 Å². The van der Waals surface area contributed by atoms with E-state index in [0.29, 0.717) is 5.30 Å². The van der Waals surface area contributed by atoms with Crippen molar-refractivity contribution in [2.75, 3.05) is 38.0 Å². The number of phenols is 1. The smallest absolute Gasteiger partial charge is 0.171 e. The zero-order chi connectivity index (χ0) is 19.6. The fraction of sp³-hybridized carbons (Fsp3) is 0.182. The minimum absolute atomic E-state index is 0.163. The predicted molar refractivity (Wildman–Crippen MR) is 116 cm³/mol. The molecular weight excluding hydrogens is 355 g/mol. The summed E-state index contributed by atoms with van der Waals surface area (Å²) < 4.78 is 14.4. The standard InChI is InChI=1S/C22H25N2O2P/c1-23(2)17-5-11-20(12-6-17)27(26,22-15-9-19(25)10-16-22)21-13-7-18(8-14-21)24(3)4/h5-16,25H,1-4H3. The van der Waals surface area contributed by atoms with Crippen LogP contribution in [0, 0.1) is 0 Å². The second-order valence-corrected chi connectivity index (χ2v) is 9.72. The Morgan fingerprint density at radius 2 is 0.889 bits per heavy atom. The highest BCUT2D eigenvalue weighted by atomic mass is 31.2. The quantitative estimate of drug-likeness (QED) is 0.691. The van der Waals surface area contributed by atoms with Crippen LogP contribution >= 0.6 is 7.14 Å². The van der Waals surface area contributed by atoms with Gasteiger partial charge in [-0.2, -0.15) is 0 Å². The first-order valence-electron chi connectivity index (χ1n) is 8.78. The Bertz CT molecular complexity index is 892. The molecule has 0 amide bonds. The van der Waals surface area contributed by atoms with E-state index < -0.39 is 7.14 Å². The molecule has 3 rings (SSSR count). The summed E-state index contributed by atoms with van der Waals surface area (Å²) in [5.41, 5.74) is 2.11. The summed E-state index contributed by atoms with van der Waals surface area (Å²) in [4.78, 5) is 4.03. The van der Waals surface area contributed by atoms with Crippen LogP contribution < -0.4 is 25.7 Å². The van der Waals surface area contributed by atoms with Crippen LogP contribution in [0.1, 0.15) is 0 Å². The third kappa shape index (κ3) is 3.72. The fourth-order valence-electron chi connectivity index (χ4n) is 3.03. The molecule has 1 N–H and O–H groups in total. The normalized spacial score (nSPS) is 11.3. The van der Waals surface area contributed by atoms with Gasteiger partial charge < -0.3 is 19.5 Å².